The summed E-state index contributed by atoms with van der Waals surface area (Å²) in [7, 11) is 0. The minimum absolute atomic E-state index is 0.0937. The zero-order valence-electron chi connectivity index (χ0n) is 11.0. The predicted octanol–water partition coefficient (Wildman–Crippen LogP) is 2.94. The Morgan fingerprint density at radius 1 is 1.33 bits per heavy atom. The van der Waals surface area contributed by atoms with Crippen molar-refractivity contribution < 1.29 is 19.4 Å². The molecule has 0 amide bonds. The van der Waals surface area contributed by atoms with E-state index in [1.165, 1.54) is 6.08 Å². The van der Waals surface area contributed by atoms with Crippen LogP contribution in [0.4, 0.5) is 0 Å². The molecule has 0 radical (unpaired) electrons. The van der Waals surface area contributed by atoms with Gasteiger partial charge in [-0.3, -0.25) is 9.59 Å². The lowest BCUT2D eigenvalue weighted by atomic mass is 9.80. The molecule has 0 saturated carbocycles. The van der Waals surface area contributed by atoms with Gasteiger partial charge in [0.25, 0.3) is 0 Å². The number of carbonyl (C=O) groups is 2. The van der Waals surface area contributed by atoms with Crippen molar-refractivity contribution in [1.29, 1.82) is 0 Å². The van der Waals surface area contributed by atoms with E-state index in [2.05, 4.69) is 13.2 Å². The van der Waals surface area contributed by atoms with E-state index in [1.54, 1.807) is 6.08 Å². The molecule has 0 bridgehead atoms. The summed E-state index contributed by atoms with van der Waals surface area (Å²) in [5, 5.41) is 9.29. The topological polar surface area (TPSA) is 63.6 Å². The Hall–Kier alpha value is -1.58. The van der Waals surface area contributed by atoms with E-state index in [9.17, 15) is 14.7 Å². The van der Waals surface area contributed by atoms with Crippen LogP contribution in [0, 0.1) is 5.41 Å². The summed E-state index contributed by atoms with van der Waals surface area (Å²) < 4.78 is 5.06. The van der Waals surface area contributed by atoms with Gasteiger partial charge in [0, 0.05) is 0 Å². The van der Waals surface area contributed by atoms with Crippen molar-refractivity contribution in [3.05, 3.63) is 25.3 Å². The van der Waals surface area contributed by atoms with Crippen molar-refractivity contribution >= 4 is 11.9 Å². The average Bonchev–Trinajstić information content (AvgIpc) is 2.33. The maximum Gasteiger partial charge on any atom is 0.323 e. The monoisotopic (exact) mass is 254 g/mol. The molecular weight excluding hydrogens is 232 g/mol. The molecule has 0 aliphatic rings. The highest BCUT2D eigenvalue weighted by atomic mass is 16.5. The van der Waals surface area contributed by atoms with Crippen LogP contribution in [-0.4, -0.2) is 23.7 Å². The van der Waals surface area contributed by atoms with E-state index in [1.807, 2.05) is 6.92 Å². The van der Waals surface area contributed by atoms with Crippen LogP contribution in [0.5, 0.6) is 0 Å². The number of ether oxygens (including phenoxy) is 1. The Morgan fingerprint density at radius 3 is 2.44 bits per heavy atom. The third-order valence-electron chi connectivity index (χ3n) is 2.76. The molecule has 0 aliphatic carbocycles. The Bertz CT molecular complexity index is 309. The van der Waals surface area contributed by atoms with Gasteiger partial charge in [0.2, 0.25) is 0 Å². The number of esters is 1. The predicted molar refractivity (Wildman–Crippen MR) is 70.2 cm³/mol. The summed E-state index contributed by atoms with van der Waals surface area (Å²) in [4.78, 5) is 23.3. The zero-order valence-corrected chi connectivity index (χ0v) is 11.0. The van der Waals surface area contributed by atoms with Crippen LogP contribution < -0.4 is 0 Å². The lowest BCUT2D eigenvalue weighted by Crippen LogP contribution is -2.40. The van der Waals surface area contributed by atoms with Crippen LogP contribution in [0.2, 0.25) is 0 Å². The Kier molecular flexibility index (Phi) is 7.76. The number of unbranched alkanes of at least 4 members (excludes halogenated alkanes) is 1. The number of allylic oxidation sites excluding steroid dienone is 2. The van der Waals surface area contributed by atoms with E-state index >= 15 is 0 Å². The first-order chi connectivity index (χ1) is 8.55. The van der Waals surface area contributed by atoms with E-state index in [4.69, 9.17) is 4.74 Å². The van der Waals surface area contributed by atoms with Gasteiger partial charge in [-0.05, 0) is 25.7 Å². The number of rotatable bonds is 10. The Morgan fingerprint density at radius 2 is 2.00 bits per heavy atom. The largest absolute Gasteiger partial charge is 0.480 e. The van der Waals surface area contributed by atoms with E-state index in [0.29, 0.717) is 12.8 Å². The van der Waals surface area contributed by atoms with Crippen LogP contribution in [0.3, 0.4) is 0 Å². The van der Waals surface area contributed by atoms with Gasteiger partial charge in [0.15, 0.2) is 5.41 Å². The molecule has 0 heterocycles. The molecule has 0 aromatic carbocycles. The van der Waals surface area contributed by atoms with E-state index < -0.39 is 17.4 Å². The van der Waals surface area contributed by atoms with Crippen molar-refractivity contribution in [2.75, 3.05) is 6.61 Å². The fourth-order valence-corrected chi connectivity index (χ4v) is 1.77. The molecule has 0 spiro atoms. The number of carboxylic acids is 1. The highest BCUT2D eigenvalue weighted by Crippen LogP contribution is 2.31. The molecule has 4 heteroatoms. The smallest absolute Gasteiger partial charge is 0.323 e. The maximum absolute atomic E-state index is 12.0. The molecule has 1 N–H and O–H groups in total. The molecule has 0 saturated heterocycles. The second-order valence-electron chi connectivity index (χ2n) is 4.20. The number of hydrogen-bond acceptors (Lipinski definition) is 3. The summed E-state index contributed by atoms with van der Waals surface area (Å²) >= 11 is 0. The number of carboxylic acid groups (broad SMARTS) is 1. The summed E-state index contributed by atoms with van der Waals surface area (Å²) in [6, 6.07) is 0. The van der Waals surface area contributed by atoms with Gasteiger partial charge < -0.3 is 9.84 Å². The van der Waals surface area contributed by atoms with Crippen molar-refractivity contribution in [3.63, 3.8) is 0 Å². The first-order valence-electron chi connectivity index (χ1n) is 6.17. The molecule has 0 aromatic rings. The van der Waals surface area contributed by atoms with Crippen molar-refractivity contribution in [2.24, 2.45) is 5.41 Å². The molecule has 1 unspecified atom stereocenters. The van der Waals surface area contributed by atoms with Gasteiger partial charge in [-0.15, -0.1) is 13.2 Å². The molecule has 0 aliphatic heterocycles. The molecular formula is C14H22O4. The normalized spacial score (nSPS) is 13.4. The maximum atomic E-state index is 12.0. The molecule has 0 rings (SSSR count). The fraction of sp³-hybridized carbons (Fsp3) is 0.571. The lowest BCUT2D eigenvalue weighted by Gasteiger charge is -2.25. The third-order valence-corrected chi connectivity index (χ3v) is 2.76. The van der Waals surface area contributed by atoms with Crippen LogP contribution in [0.1, 0.15) is 39.0 Å². The standard InChI is InChI=1S/C14H22O4/c1-4-7-8-11-18-13(17)14(9-5-2,10-6-3)12(15)16/h4-5H,1-2,6-11H2,3H3,(H,15,16). The first-order valence-corrected chi connectivity index (χ1v) is 6.17. The number of aliphatic carboxylic acids is 1. The first kappa shape index (κ1) is 16.4. The van der Waals surface area contributed by atoms with E-state index in [0.717, 1.165) is 6.42 Å². The van der Waals surface area contributed by atoms with E-state index in [-0.39, 0.29) is 19.4 Å². The van der Waals surface area contributed by atoms with Crippen molar-refractivity contribution in [1.82, 2.24) is 0 Å². The van der Waals surface area contributed by atoms with Crippen LogP contribution in [-0.2, 0) is 14.3 Å². The summed E-state index contributed by atoms with van der Waals surface area (Å²) in [6.45, 7) is 9.15. The van der Waals surface area contributed by atoms with Crippen LogP contribution in [0.15, 0.2) is 25.3 Å². The van der Waals surface area contributed by atoms with Gasteiger partial charge in [-0.25, -0.2) is 0 Å². The summed E-state index contributed by atoms with van der Waals surface area (Å²) in [6.07, 6.45) is 5.53. The highest BCUT2D eigenvalue weighted by molar-refractivity contribution is 5.99. The second-order valence-corrected chi connectivity index (χ2v) is 4.20. The molecule has 102 valence electrons. The number of carbonyl (C=O) groups excluding carboxylic acids is 1. The summed E-state index contributed by atoms with van der Waals surface area (Å²) in [5.74, 6) is -1.81. The highest BCUT2D eigenvalue weighted by Gasteiger charge is 2.45. The SMILES string of the molecule is C=CCCCOC(=O)C(CC=C)(CCC)C(=O)O. The van der Waals surface area contributed by atoms with Gasteiger partial charge in [-0.1, -0.05) is 25.5 Å². The van der Waals surface area contributed by atoms with Crippen LogP contribution in [0.25, 0.3) is 0 Å². The minimum atomic E-state index is -1.48. The molecule has 18 heavy (non-hydrogen) atoms. The van der Waals surface area contributed by atoms with Crippen molar-refractivity contribution in [2.45, 2.75) is 39.0 Å². The quantitative estimate of drug-likeness (QED) is 0.282. The number of hydrogen-bond donors (Lipinski definition) is 1. The van der Waals surface area contributed by atoms with Gasteiger partial charge in [-0.2, -0.15) is 0 Å². The van der Waals surface area contributed by atoms with Gasteiger partial charge in [0.1, 0.15) is 0 Å². The molecule has 0 fully saturated rings. The van der Waals surface area contributed by atoms with Gasteiger partial charge in [0.05, 0.1) is 6.61 Å². The zero-order chi connectivity index (χ0) is 14.0. The van der Waals surface area contributed by atoms with Gasteiger partial charge >= 0.3 is 11.9 Å². The molecule has 0 aromatic heterocycles. The van der Waals surface area contributed by atoms with Crippen LogP contribution >= 0.6 is 0 Å². The van der Waals surface area contributed by atoms with Crippen molar-refractivity contribution in [3.8, 4) is 0 Å². The molecule has 4 nitrogen and oxygen atoms in total. The fourth-order valence-electron chi connectivity index (χ4n) is 1.77. The lowest BCUT2D eigenvalue weighted by molar-refractivity contribution is -0.169. The molecule has 1 atom stereocenters. The Labute approximate surface area is 108 Å². The third kappa shape index (κ3) is 4.35. The average molecular weight is 254 g/mol. The minimum Gasteiger partial charge on any atom is -0.480 e. The second kappa shape index (κ2) is 8.50. The summed E-state index contributed by atoms with van der Waals surface area (Å²) in [5.41, 5.74) is -1.48. The Balaban J connectivity index is 4.71.